The van der Waals surface area contributed by atoms with E-state index in [-0.39, 0.29) is 16.7 Å². The zero-order valence-corrected chi connectivity index (χ0v) is 13.5. The molecule has 6 heteroatoms. The minimum atomic E-state index is -0.438. The molecular weight excluding hydrogens is 325 g/mol. The number of hydrogen-bond acceptors (Lipinski definition) is 3. The number of anilines is 1. The molecule has 1 N–H and O–H groups in total. The highest BCUT2D eigenvalue weighted by atomic mass is 35.5. The van der Waals surface area contributed by atoms with E-state index in [2.05, 4.69) is 5.32 Å². The molecule has 1 amide bonds. The van der Waals surface area contributed by atoms with Crippen LogP contribution in [0.5, 0.6) is 5.75 Å². The third kappa shape index (κ3) is 4.93. The van der Waals surface area contributed by atoms with Crippen LogP contribution in [0.2, 0.25) is 5.02 Å². The Labute approximate surface area is 137 Å². The predicted octanol–water partition coefficient (Wildman–Crippen LogP) is 4.61. The first-order valence-corrected chi connectivity index (χ1v) is 8.05. The number of carbonyl (C=O) groups is 1. The van der Waals surface area contributed by atoms with E-state index in [1.54, 1.807) is 0 Å². The Bertz CT molecular complexity index is 649. The van der Waals surface area contributed by atoms with Crippen molar-refractivity contribution in [3.63, 3.8) is 0 Å². The maximum atomic E-state index is 12.9. The van der Waals surface area contributed by atoms with Crippen LogP contribution in [0.1, 0.15) is 6.92 Å². The summed E-state index contributed by atoms with van der Waals surface area (Å²) in [5, 5.41) is 2.84. The summed E-state index contributed by atoms with van der Waals surface area (Å²) in [6.07, 6.45) is 0. The fourth-order valence-electron chi connectivity index (χ4n) is 1.72. The molecule has 0 unspecified atom stereocenters. The van der Waals surface area contributed by atoms with E-state index >= 15 is 0 Å². The van der Waals surface area contributed by atoms with Gasteiger partial charge in [0, 0.05) is 4.90 Å². The fraction of sp³-hybridized carbons (Fsp3) is 0.188. The van der Waals surface area contributed by atoms with Gasteiger partial charge in [-0.25, -0.2) is 4.39 Å². The molecule has 0 aliphatic rings. The number of nitrogens with one attached hydrogen (secondary N) is 1. The number of rotatable bonds is 6. The first-order chi connectivity index (χ1) is 10.6. The molecule has 2 aromatic carbocycles. The second-order valence-electron chi connectivity index (χ2n) is 4.37. The van der Waals surface area contributed by atoms with Crippen LogP contribution in [-0.2, 0) is 4.79 Å². The fourth-order valence-corrected chi connectivity index (χ4v) is 2.64. The molecule has 0 heterocycles. The van der Waals surface area contributed by atoms with Crippen molar-refractivity contribution in [3.05, 3.63) is 53.3 Å². The second kappa shape index (κ2) is 8.06. The van der Waals surface area contributed by atoms with Gasteiger partial charge in [0.05, 0.1) is 23.1 Å². The minimum Gasteiger partial charge on any atom is -0.494 e. The van der Waals surface area contributed by atoms with Gasteiger partial charge in [-0.05, 0) is 49.4 Å². The Morgan fingerprint density at radius 1 is 1.27 bits per heavy atom. The van der Waals surface area contributed by atoms with Gasteiger partial charge in [0.25, 0.3) is 0 Å². The van der Waals surface area contributed by atoms with Gasteiger partial charge < -0.3 is 10.1 Å². The third-order valence-corrected chi connectivity index (χ3v) is 4.03. The van der Waals surface area contributed by atoms with Crippen molar-refractivity contribution in [3.8, 4) is 5.75 Å². The zero-order valence-electron chi connectivity index (χ0n) is 11.9. The van der Waals surface area contributed by atoms with Gasteiger partial charge >= 0.3 is 0 Å². The normalized spacial score (nSPS) is 10.3. The Kier molecular flexibility index (Phi) is 6.10. The molecule has 116 valence electrons. The van der Waals surface area contributed by atoms with Crippen molar-refractivity contribution in [1.29, 1.82) is 0 Å². The summed E-state index contributed by atoms with van der Waals surface area (Å²) >= 11 is 7.26. The van der Waals surface area contributed by atoms with E-state index in [0.29, 0.717) is 12.3 Å². The van der Waals surface area contributed by atoms with Gasteiger partial charge in [-0.15, -0.1) is 11.8 Å². The summed E-state index contributed by atoms with van der Waals surface area (Å²) in [5.41, 5.74) is 0.403. The van der Waals surface area contributed by atoms with Crippen molar-refractivity contribution >= 4 is 35.0 Å². The first-order valence-electron chi connectivity index (χ1n) is 6.69. The van der Waals surface area contributed by atoms with E-state index in [0.717, 1.165) is 16.7 Å². The minimum absolute atomic E-state index is 0.180. The van der Waals surface area contributed by atoms with Crippen LogP contribution < -0.4 is 10.1 Å². The number of halogens is 2. The molecule has 3 nitrogen and oxygen atoms in total. The maximum Gasteiger partial charge on any atom is 0.234 e. The number of amides is 1. The van der Waals surface area contributed by atoms with Crippen LogP contribution in [0.25, 0.3) is 0 Å². The highest BCUT2D eigenvalue weighted by Crippen LogP contribution is 2.24. The van der Waals surface area contributed by atoms with Gasteiger partial charge in [0.2, 0.25) is 5.91 Å². The van der Waals surface area contributed by atoms with E-state index in [1.165, 1.54) is 23.9 Å². The Hall–Kier alpha value is -1.72. The lowest BCUT2D eigenvalue weighted by Gasteiger charge is -2.08. The van der Waals surface area contributed by atoms with Crippen molar-refractivity contribution in [2.24, 2.45) is 0 Å². The van der Waals surface area contributed by atoms with E-state index in [1.807, 2.05) is 31.2 Å². The van der Waals surface area contributed by atoms with Crippen LogP contribution in [0, 0.1) is 5.82 Å². The topological polar surface area (TPSA) is 38.3 Å². The molecule has 0 aromatic heterocycles. The number of hydrogen-bond donors (Lipinski definition) is 1. The Balaban J connectivity index is 1.87. The standard InChI is InChI=1S/C16H15ClFNO2S/c1-2-21-12-4-6-13(7-5-12)22-10-16(20)19-15-8-3-11(18)9-14(15)17/h3-9H,2,10H2,1H3,(H,19,20). The summed E-state index contributed by atoms with van der Waals surface area (Å²) < 4.78 is 18.3. The summed E-state index contributed by atoms with van der Waals surface area (Å²) in [6, 6.07) is 11.4. The van der Waals surface area contributed by atoms with Crippen molar-refractivity contribution in [2.75, 3.05) is 17.7 Å². The maximum absolute atomic E-state index is 12.9. The molecule has 22 heavy (non-hydrogen) atoms. The molecule has 0 radical (unpaired) electrons. The quantitative estimate of drug-likeness (QED) is 0.781. The van der Waals surface area contributed by atoms with Gasteiger partial charge in [-0.1, -0.05) is 11.6 Å². The number of carbonyl (C=O) groups excluding carboxylic acids is 1. The molecule has 0 atom stereocenters. The van der Waals surface area contributed by atoms with Crippen LogP contribution >= 0.6 is 23.4 Å². The molecule has 2 aromatic rings. The zero-order chi connectivity index (χ0) is 15.9. The largest absolute Gasteiger partial charge is 0.494 e. The molecule has 0 aliphatic heterocycles. The number of benzene rings is 2. The Morgan fingerprint density at radius 3 is 2.64 bits per heavy atom. The molecule has 0 fully saturated rings. The van der Waals surface area contributed by atoms with E-state index in [9.17, 15) is 9.18 Å². The van der Waals surface area contributed by atoms with Crippen LogP contribution in [0.3, 0.4) is 0 Å². The van der Waals surface area contributed by atoms with Gasteiger partial charge in [0.15, 0.2) is 0 Å². The second-order valence-corrected chi connectivity index (χ2v) is 5.82. The Morgan fingerprint density at radius 2 is 2.00 bits per heavy atom. The highest BCUT2D eigenvalue weighted by Gasteiger charge is 2.07. The summed E-state index contributed by atoms with van der Waals surface area (Å²) in [6.45, 7) is 2.54. The van der Waals surface area contributed by atoms with E-state index < -0.39 is 5.82 Å². The van der Waals surface area contributed by atoms with Gasteiger partial charge in [-0.2, -0.15) is 0 Å². The monoisotopic (exact) mass is 339 g/mol. The lowest BCUT2D eigenvalue weighted by atomic mass is 10.3. The van der Waals surface area contributed by atoms with Crippen LogP contribution in [0.15, 0.2) is 47.4 Å². The molecule has 0 saturated heterocycles. The molecule has 0 saturated carbocycles. The average Bonchev–Trinajstić information content (AvgIpc) is 2.50. The van der Waals surface area contributed by atoms with Crippen molar-refractivity contribution < 1.29 is 13.9 Å². The summed E-state index contributed by atoms with van der Waals surface area (Å²) in [5.74, 6) is 0.398. The van der Waals surface area contributed by atoms with Crippen LogP contribution in [-0.4, -0.2) is 18.3 Å². The lowest BCUT2D eigenvalue weighted by Crippen LogP contribution is -2.14. The first kappa shape index (κ1) is 16.6. The third-order valence-electron chi connectivity index (χ3n) is 2.71. The SMILES string of the molecule is CCOc1ccc(SCC(=O)Nc2ccc(F)cc2Cl)cc1. The summed E-state index contributed by atoms with van der Waals surface area (Å²) in [7, 11) is 0. The van der Waals surface area contributed by atoms with Gasteiger partial charge in [0.1, 0.15) is 11.6 Å². The van der Waals surface area contributed by atoms with Crippen molar-refractivity contribution in [2.45, 2.75) is 11.8 Å². The number of ether oxygens (including phenoxy) is 1. The average molecular weight is 340 g/mol. The van der Waals surface area contributed by atoms with E-state index in [4.69, 9.17) is 16.3 Å². The lowest BCUT2D eigenvalue weighted by molar-refractivity contribution is -0.113. The van der Waals surface area contributed by atoms with Crippen molar-refractivity contribution in [1.82, 2.24) is 0 Å². The molecular formula is C16H15ClFNO2S. The smallest absolute Gasteiger partial charge is 0.234 e. The predicted molar refractivity (Wildman–Crippen MR) is 88.4 cm³/mol. The molecule has 0 spiro atoms. The van der Waals surface area contributed by atoms with Crippen LogP contribution in [0.4, 0.5) is 10.1 Å². The van der Waals surface area contributed by atoms with Gasteiger partial charge in [-0.3, -0.25) is 4.79 Å². The number of thioether (sulfide) groups is 1. The molecule has 2 rings (SSSR count). The summed E-state index contributed by atoms with van der Waals surface area (Å²) in [4.78, 5) is 12.8. The molecule has 0 bridgehead atoms. The molecule has 0 aliphatic carbocycles. The highest BCUT2D eigenvalue weighted by molar-refractivity contribution is 8.00.